The van der Waals surface area contributed by atoms with Gasteiger partial charge >= 0.3 is 5.97 Å². The summed E-state index contributed by atoms with van der Waals surface area (Å²) in [5.74, 6) is -2.69. The number of benzene rings is 2. The van der Waals surface area contributed by atoms with Gasteiger partial charge in [-0.1, -0.05) is 41.4 Å². The van der Waals surface area contributed by atoms with Crippen LogP contribution in [0.1, 0.15) is 79.9 Å². The zero-order chi connectivity index (χ0) is 32.9. The Balaban J connectivity index is 1.70. The van der Waals surface area contributed by atoms with Gasteiger partial charge in [-0.2, -0.15) is 0 Å². The average molecular weight is 678 g/mol. The number of hydrogen-bond acceptors (Lipinski definition) is 6. The molecule has 0 radical (unpaired) electrons. The number of aromatic nitrogens is 1. The van der Waals surface area contributed by atoms with E-state index in [1.54, 1.807) is 62.9 Å². The van der Waals surface area contributed by atoms with Crippen molar-refractivity contribution >= 4 is 44.9 Å². The smallest absolute Gasteiger partial charge is 0.337 e. The molecule has 8 nitrogen and oxygen atoms in total. The second-order valence-corrected chi connectivity index (χ2v) is 16.6. The maximum atomic E-state index is 15.0. The van der Waals surface area contributed by atoms with E-state index in [0.717, 1.165) is 12.8 Å². The lowest BCUT2D eigenvalue weighted by Crippen LogP contribution is -2.62. The van der Waals surface area contributed by atoms with Crippen molar-refractivity contribution < 1.29 is 32.2 Å². The molecule has 1 saturated carbocycles. The molecule has 2 heterocycles. The van der Waals surface area contributed by atoms with Crippen molar-refractivity contribution in [3.05, 3.63) is 99.0 Å². The molecule has 5 rings (SSSR count). The number of carboxylic acid groups (broad SMARTS) is 1. The number of ether oxygens (including phenoxy) is 1. The zero-order valence-electron chi connectivity index (χ0n) is 25.3. The minimum atomic E-state index is -3.71. The lowest BCUT2D eigenvalue weighted by atomic mass is 9.85. The topological polar surface area (TPSA) is 114 Å². The minimum Gasteiger partial charge on any atom is -0.478 e. The fraction of sp³-hybridized carbons (Fsp3) is 0.424. The Kier molecular flexibility index (Phi) is 9.09. The summed E-state index contributed by atoms with van der Waals surface area (Å²) in [7, 11) is -3.71. The Hall–Kier alpha value is -3.05. The monoisotopic (exact) mass is 676 g/mol. The fourth-order valence-electron chi connectivity index (χ4n) is 5.78. The van der Waals surface area contributed by atoms with Crippen molar-refractivity contribution in [3.63, 3.8) is 0 Å². The van der Waals surface area contributed by atoms with E-state index in [-0.39, 0.29) is 28.7 Å². The van der Waals surface area contributed by atoms with Gasteiger partial charge < -0.3 is 14.7 Å². The number of carboxylic acids is 1. The van der Waals surface area contributed by atoms with Crippen LogP contribution in [0.15, 0.2) is 60.8 Å². The van der Waals surface area contributed by atoms with Gasteiger partial charge in [-0.05, 0) is 94.0 Å². The van der Waals surface area contributed by atoms with Crippen LogP contribution in [0, 0.1) is 11.7 Å². The first-order valence-electron chi connectivity index (χ1n) is 14.6. The molecule has 1 aromatic heterocycles. The maximum Gasteiger partial charge on any atom is 0.337 e. The summed E-state index contributed by atoms with van der Waals surface area (Å²) < 4.78 is 48.1. The molecule has 45 heavy (non-hydrogen) atoms. The van der Waals surface area contributed by atoms with Gasteiger partial charge in [0, 0.05) is 29.4 Å². The number of aromatic carboxylic acids is 1. The molecule has 1 aliphatic heterocycles. The Bertz CT molecular complexity index is 1730. The second kappa shape index (κ2) is 12.3. The molecule has 1 amide bonds. The molecule has 3 aromatic rings. The lowest BCUT2D eigenvalue weighted by molar-refractivity contribution is -0.202. The van der Waals surface area contributed by atoms with Crippen molar-refractivity contribution in [2.45, 2.75) is 75.5 Å². The first-order chi connectivity index (χ1) is 21.0. The van der Waals surface area contributed by atoms with Crippen molar-refractivity contribution in [1.29, 1.82) is 0 Å². The number of pyridine rings is 1. The largest absolute Gasteiger partial charge is 0.478 e. The summed E-state index contributed by atoms with van der Waals surface area (Å²) in [4.78, 5) is 32.1. The van der Waals surface area contributed by atoms with E-state index in [4.69, 9.17) is 27.9 Å². The molecule has 1 aliphatic carbocycles. The zero-order valence-corrected chi connectivity index (χ0v) is 27.7. The summed E-state index contributed by atoms with van der Waals surface area (Å²) in [6, 6.07) is 12.5. The van der Waals surface area contributed by atoms with Crippen LogP contribution < -0.4 is 0 Å². The van der Waals surface area contributed by atoms with Gasteiger partial charge in [-0.3, -0.25) is 9.78 Å². The highest BCUT2D eigenvalue weighted by molar-refractivity contribution is 7.92. The van der Waals surface area contributed by atoms with E-state index < -0.39 is 56.1 Å². The van der Waals surface area contributed by atoms with Crippen molar-refractivity contribution in [2.24, 2.45) is 5.92 Å². The molecule has 2 fully saturated rings. The van der Waals surface area contributed by atoms with Gasteiger partial charge in [0.25, 0.3) is 5.91 Å². The lowest BCUT2D eigenvalue weighted by Gasteiger charge is -2.52. The van der Waals surface area contributed by atoms with Gasteiger partial charge in [-0.25, -0.2) is 17.6 Å². The normalized spacial score (nSPS) is 23.2. The molecule has 0 spiro atoms. The summed E-state index contributed by atoms with van der Waals surface area (Å²) in [5.41, 5.74) is -0.176. The fourth-order valence-corrected chi connectivity index (χ4v) is 7.48. The van der Waals surface area contributed by atoms with E-state index in [1.165, 1.54) is 30.5 Å². The third kappa shape index (κ3) is 6.89. The third-order valence-electron chi connectivity index (χ3n) is 8.56. The Morgan fingerprint density at radius 3 is 2.40 bits per heavy atom. The standard InChI is InChI=1S/C33H35Cl2FN2O6S/c1-32(2,3)45(42,43)18-27(19-8-9-19)38-28(20-11-13-25(35)26(36)15-20)29(21-6-5-7-23(34)14-21)44-33(4,31(38)41)16-24-12-10-22(17-37-24)30(39)40/h5-7,10-15,17,19,27-29H,8-9,16,18H2,1-4H3,(H,39,40)/t27-,28?,29-,33-/m1/s1. The number of carbonyl (C=O) groups is 2. The SMILES string of the molecule is CC(C)(C)S(=O)(=O)C[C@H](C1CC1)N1C(=O)[C@@](C)(Cc2ccc(C(=O)O)cn2)O[C@H](c2cccc(Cl)c2)C1c1ccc(Cl)c(F)c1. The van der Waals surface area contributed by atoms with Gasteiger partial charge in [0.05, 0.1) is 27.1 Å². The van der Waals surface area contributed by atoms with Crippen molar-refractivity contribution in [3.8, 4) is 0 Å². The predicted molar refractivity (Wildman–Crippen MR) is 170 cm³/mol. The minimum absolute atomic E-state index is 0.00997. The van der Waals surface area contributed by atoms with E-state index in [2.05, 4.69) is 4.98 Å². The highest BCUT2D eigenvalue weighted by Crippen LogP contribution is 2.51. The Labute approximate surface area is 272 Å². The molecule has 2 aliphatic rings. The molecule has 12 heteroatoms. The average Bonchev–Trinajstić information content (AvgIpc) is 3.80. The predicted octanol–water partition coefficient (Wildman–Crippen LogP) is 6.86. The van der Waals surface area contributed by atoms with Crippen LogP contribution in [0.3, 0.4) is 0 Å². The van der Waals surface area contributed by atoms with E-state index in [1.807, 2.05) is 0 Å². The molecule has 1 unspecified atom stereocenters. The molecule has 4 atom stereocenters. The quantitative estimate of drug-likeness (QED) is 0.263. The maximum absolute atomic E-state index is 15.0. The molecule has 1 saturated heterocycles. The second-order valence-electron chi connectivity index (χ2n) is 13.0. The van der Waals surface area contributed by atoms with Gasteiger partial charge in [0.1, 0.15) is 11.9 Å². The number of amides is 1. The molecule has 240 valence electrons. The van der Waals surface area contributed by atoms with Crippen LogP contribution in [0.4, 0.5) is 4.39 Å². The molecular weight excluding hydrogens is 642 g/mol. The number of sulfone groups is 1. The number of rotatable bonds is 9. The van der Waals surface area contributed by atoms with Crippen LogP contribution in [-0.4, -0.2) is 57.4 Å². The summed E-state index contributed by atoms with van der Waals surface area (Å²) in [6.07, 6.45) is 1.73. The number of hydrogen-bond donors (Lipinski definition) is 1. The first-order valence-corrected chi connectivity index (χ1v) is 17.0. The van der Waals surface area contributed by atoms with Crippen LogP contribution in [0.25, 0.3) is 0 Å². The molecule has 0 bridgehead atoms. The molecular formula is C33H35Cl2FN2O6S. The summed E-state index contributed by atoms with van der Waals surface area (Å²) in [5, 5.41) is 9.65. The van der Waals surface area contributed by atoms with Gasteiger partial charge in [0.15, 0.2) is 15.4 Å². The van der Waals surface area contributed by atoms with E-state index in [0.29, 0.717) is 21.8 Å². The van der Waals surface area contributed by atoms with Crippen molar-refractivity contribution in [1.82, 2.24) is 9.88 Å². The van der Waals surface area contributed by atoms with Gasteiger partial charge in [-0.15, -0.1) is 0 Å². The number of carbonyl (C=O) groups excluding carboxylic acids is 1. The molecule has 1 N–H and O–H groups in total. The number of morpholine rings is 1. The Morgan fingerprint density at radius 1 is 1.13 bits per heavy atom. The van der Waals surface area contributed by atoms with Gasteiger partial charge in [0.2, 0.25) is 0 Å². The first kappa shape index (κ1) is 33.3. The molecule has 2 aromatic carbocycles. The van der Waals surface area contributed by atoms with Crippen molar-refractivity contribution in [2.75, 3.05) is 5.75 Å². The number of halogens is 3. The number of nitrogens with zero attached hydrogens (tertiary/aromatic N) is 2. The highest BCUT2D eigenvalue weighted by atomic mass is 35.5. The van der Waals surface area contributed by atoms with Crippen LogP contribution in [0.5, 0.6) is 0 Å². The van der Waals surface area contributed by atoms with E-state index >= 15 is 4.39 Å². The van der Waals surface area contributed by atoms with Crippen LogP contribution in [0.2, 0.25) is 10.0 Å². The summed E-state index contributed by atoms with van der Waals surface area (Å²) in [6.45, 7) is 6.51. The van der Waals surface area contributed by atoms with Crippen LogP contribution in [-0.2, 0) is 25.8 Å². The highest BCUT2D eigenvalue weighted by Gasteiger charge is 2.56. The summed E-state index contributed by atoms with van der Waals surface area (Å²) >= 11 is 12.5. The third-order valence-corrected chi connectivity index (χ3v) is 11.7. The van der Waals surface area contributed by atoms with E-state index in [9.17, 15) is 23.1 Å². The van der Waals surface area contributed by atoms with Crippen LogP contribution >= 0.6 is 23.2 Å². The Morgan fingerprint density at radius 2 is 1.84 bits per heavy atom.